The van der Waals surface area contributed by atoms with Crippen LogP contribution in [0.5, 0.6) is 5.88 Å². The summed E-state index contributed by atoms with van der Waals surface area (Å²) in [5.41, 5.74) is 7.84. The lowest BCUT2D eigenvalue weighted by Gasteiger charge is -2.12. The topological polar surface area (TPSA) is 100 Å². The van der Waals surface area contributed by atoms with Crippen LogP contribution in [0.4, 0.5) is 13.2 Å². The predicted octanol–water partition coefficient (Wildman–Crippen LogP) is 3.42. The van der Waals surface area contributed by atoms with Crippen molar-refractivity contribution in [3.8, 4) is 17.0 Å². The molecule has 3 rings (SSSR count). The lowest BCUT2D eigenvalue weighted by molar-refractivity contribution is -0.276. The second-order valence-electron chi connectivity index (χ2n) is 5.35. The molecule has 0 spiro atoms. The number of alkyl halides is 3. The molecule has 7 nitrogen and oxygen atoms in total. The minimum absolute atomic E-state index is 0.0144. The molecule has 0 amide bonds. The van der Waals surface area contributed by atoms with Crippen LogP contribution in [0.2, 0.25) is 0 Å². The quantitative estimate of drug-likeness (QED) is 0.676. The van der Waals surface area contributed by atoms with E-state index in [2.05, 4.69) is 14.7 Å². The zero-order valence-corrected chi connectivity index (χ0v) is 14.0. The predicted molar refractivity (Wildman–Crippen MR) is 87.8 cm³/mol. The number of nitrogens with zero attached hydrogens (tertiary/aromatic N) is 2. The van der Waals surface area contributed by atoms with Crippen LogP contribution < -0.4 is 10.5 Å². The maximum atomic E-state index is 12.3. The van der Waals surface area contributed by atoms with Crippen LogP contribution in [-0.4, -0.2) is 28.9 Å². The number of hydrogen-bond donors (Lipinski definition) is 1. The van der Waals surface area contributed by atoms with E-state index in [0.29, 0.717) is 22.2 Å². The van der Waals surface area contributed by atoms with Gasteiger partial charge in [-0.3, -0.25) is 0 Å². The van der Waals surface area contributed by atoms with E-state index >= 15 is 0 Å². The van der Waals surface area contributed by atoms with Gasteiger partial charge in [0.1, 0.15) is 11.1 Å². The van der Waals surface area contributed by atoms with Crippen molar-refractivity contribution in [2.24, 2.45) is 5.73 Å². The number of hydrogen-bond acceptors (Lipinski definition) is 7. The number of oxazole rings is 1. The third-order valence-electron chi connectivity index (χ3n) is 3.66. The zero-order chi connectivity index (χ0) is 19.6. The highest BCUT2D eigenvalue weighted by Gasteiger charge is 2.31. The number of halogens is 3. The first-order chi connectivity index (χ1) is 12.8. The standard InChI is InChI=1S/C17H14F3N3O4/c1-2-25-16(24)13-10(6-21)5-11(14-15(13)26-8-23-14)9-3-4-12(22-7-9)27-17(18,19)20/h3-5,7-8H,2,6,21H2,1H3. The van der Waals surface area contributed by atoms with Crippen molar-refractivity contribution >= 4 is 17.1 Å². The van der Waals surface area contributed by atoms with E-state index in [1.54, 1.807) is 13.0 Å². The third-order valence-corrected chi connectivity index (χ3v) is 3.66. The summed E-state index contributed by atoms with van der Waals surface area (Å²) in [7, 11) is 0. The summed E-state index contributed by atoms with van der Waals surface area (Å²) in [5, 5.41) is 0. The van der Waals surface area contributed by atoms with Gasteiger partial charge in [-0.15, -0.1) is 13.2 Å². The molecule has 2 heterocycles. The summed E-state index contributed by atoms with van der Waals surface area (Å²) in [6, 6.07) is 4.08. The maximum Gasteiger partial charge on any atom is 0.574 e. The van der Waals surface area contributed by atoms with Crippen LogP contribution in [0.15, 0.2) is 35.2 Å². The van der Waals surface area contributed by atoms with Crippen molar-refractivity contribution in [2.75, 3.05) is 6.61 Å². The van der Waals surface area contributed by atoms with Crippen LogP contribution in [0.3, 0.4) is 0 Å². The summed E-state index contributed by atoms with van der Waals surface area (Å²) < 4.78 is 51.0. The molecule has 0 fully saturated rings. The van der Waals surface area contributed by atoms with Crippen molar-refractivity contribution in [2.45, 2.75) is 19.8 Å². The Kier molecular flexibility index (Phi) is 5.00. The second kappa shape index (κ2) is 7.23. The number of esters is 1. The van der Waals surface area contributed by atoms with Crippen LogP contribution >= 0.6 is 0 Å². The highest BCUT2D eigenvalue weighted by Crippen LogP contribution is 2.33. The van der Waals surface area contributed by atoms with Gasteiger partial charge in [-0.25, -0.2) is 14.8 Å². The van der Waals surface area contributed by atoms with E-state index in [0.717, 1.165) is 12.5 Å². The Hall–Kier alpha value is -3.14. The molecular weight excluding hydrogens is 367 g/mol. The van der Waals surface area contributed by atoms with E-state index in [4.69, 9.17) is 14.9 Å². The molecule has 0 saturated heterocycles. The first-order valence-corrected chi connectivity index (χ1v) is 7.82. The molecule has 0 saturated carbocycles. The number of aromatic nitrogens is 2. The minimum atomic E-state index is -4.83. The van der Waals surface area contributed by atoms with Crippen molar-refractivity contribution in [1.29, 1.82) is 0 Å². The van der Waals surface area contributed by atoms with Gasteiger partial charge in [0.2, 0.25) is 5.88 Å². The van der Waals surface area contributed by atoms with Gasteiger partial charge in [-0.2, -0.15) is 0 Å². The molecule has 0 unspecified atom stereocenters. The van der Waals surface area contributed by atoms with Gasteiger partial charge in [-0.1, -0.05) is 0 Å². The summed E-state index contributed by atoms with van der Waals surface area (Å²) in [6.45, 7) is 1.85. The Morgan fingerprint density at radius 2 is 2.07 bits per heavy atom. The van der Waals surface area contributed by atoms with Gasteiger partial charge in [0.15, 0.2) is 12.0 Å². The molecule has 2 N–H and O–H groups in total. The molecule has 142 valence electrons. The lowest BCUT2D eigenvalue weighted by Crippen LogP contribution is -2.17. The van der Waals surface area contributed by atoms with Crippen molar-refractivity contribution in [1.82, 2.24) is 9.97 Å². The van der Waals surface area contributed by atoms with E-state index in [9.17, 15) is 18.0 Å². The number of fused-ring (bicyclic) bond motifs is 1. The van der Waals surface area contributed by atoms with E-state index in [1.165, 1.54) is 12.3 Å². The molecule has 0 atom stereocenters. The molecule has 0 bridgehead atoms. The number of carbonyl (C=O) groups is 1. The normalized spacial score (nSPS) is 11.6. The number of ether oxygens (including phenoxy) is 2. The smallest absolute Gasteiger partial charge is 0.462 e. The first-order valence-electron chi connectivity index (χ1n) is 7.82. The average molecular weight is 381 g/mol. The van der Waals surface area contributed by atoms with E-state index in [-0.39, 0.29) is 24.3 Å². The van der Waals surface area contributed by atoms with E-state index in [1.807, 2.05) is 0 Å². The third kappa shape index (κ3) is 3.85. The van der Waals surface area contributed by atoms with Gasteiger partial charge in [0, 0.05) is 29.9 Å². The van der Waals surface area contributed by atoms with Crippen molar-refractivity contribution < 1.29 is 31.9 Å². The van der Waals surface area contributed by atoms with Crippen LogP contribution in [0.1, 0.15) is 22.8 Å². The van der Waals surface area contributed by atoms with Crippen molar-refractivity contribution in [3.63, 3.8) is 0 Å². The number of pyridine rings is 1. The minimum Gasteiger partial charge on any atom is -0.462 e. The lowest BCUT2D eigenvalue weighted by atomic mass is 9.98. The summed E-state index contributed by atoms with van der Waals surface area (Å²) in [6.07, 6.45) is -2.47. The first kappa shape index (κ1) is 18.6. The van der Waals surface area contributed by atoms with Gasteiger partial charge in [0.25, 0.3) is 0 Å². The Bertz CT molecular complexity index is 968. The number of benzene rings is 1. The van der Waals surface area contributed by atoms with Gasteiger partial charge in [0.05, 0.1) is 6.61 Å². The van der Waals surface area contributed by atoms with Gasteiger partial charge in [-0.05, 0) is 24.6 Å². The number of rotatable bonds is 5. The molecular formula is C17H14F3N3O4. The highest BCUT2D eigenvalue weighted by molar-refractivity contribution is 6.06. The SMILES string of the molecule is CCOC(=O)c1c(CN)cc(-c2ccc(OC(F)(F)F)nc2)c2ncoc12. The summed E-state index contributed by atoms with van der Waals surface area (Å²) >= 11 is 0. The Morgan fingerprint density at radius 3 is 2.67 bits per heavy atom. The fourth-order valence-corrected chi connectivity index (χ4v) is 2.60. The molecule has 0 aliphatic carbocycles. The van der Waals surface area contributed by atoms with Crippen LogP contribution in [-0.2, 0) is 11.3 Å². The van der Waals surface area contributed by atoms with E-state index < -0.39 is 18.2 Å². The second-order valence-corrected chi connectivity index (χ2v) is 5.35. The largest absolute Gasteiger partial charge is 0.574 e. The molecule has 27 heavy (non-hydrogen) atoms. The monoisotopic (exact) mass is 381 g/mol. The summed E-state index contributed by atoms with van der Waals surface area (Å²) in [4.78, 5) is 20.0. The fourth-order valence-electron chi connectivity index (χ4n) is 2.60. The number of carbonyl (C=O) groups excluding carboxylic acids is 1. The molecule has 10 heteroatoms. The van der Waals surface area contributed by atoms with Crippen LogP contribution in [0, 0.1) is 0 Å². The van der Waals surface area contributed by atoms with Gasteiger partial charge >= 0.3 is 12.3 Å². The van der Waals surface area contributed by atoms with Crippen molar-refractivity contribution in [3.05, 3.63) is 41.9 Å². The molecule has 0 aliphatic heterocycles. The van der Waals surface area contributed by atoms with Gasteiger partial charge < -0.3 is 19.6 Å². The molecule has 3 aromatic rings. The molecule has 1 aromatic carbocycles. The number of nitrogens with two attached hydrogens (primary N) is 1. The Morgan fingerprint density at radius 1 is 1.30 bits per heavy atom. The zero-order valence-electron chi connectivity index (χ0n) is 14.0. The Labute approximate surface area is 150 Å². The fraction of sp³-hybridized carbons (Fsp3) is 0.235. The molecule has 0 aliphatic rings. The highest BCUT2D eigenvalue weighted by atomic mass is 19.4. The Balaban J connectivity index is 2.09. The maximum absolute atomic E-state index is 12.3. The average Bonchev–Trinajstić information content (AvgIpc) is 3.09. The molecule has 0 radical (unpaired) electrons. The molecule has 2 aromatic heterocycles. The van der Waals surface area contributed by atoms with Crippen LogP contribution in [0.25, 0.3) is 22.2 Å². The summed E-state index contributed by atoms with van der Waals surface area (Å²) in [5.74, 6) is -1.19.